The van der Waals surface area contributed by atoms with Crippen molar-refractivity contribution in [1.82, 2.24) is 26.2 Å². The molecule has 2 unspecified atom stereocenters. The van der Waals surface area contributed by atoms with Crippen LogP contribution < -0.4 is 47.9 Å². The first-order valence-electron chi connectivity index (χ1n) is 20.2. The zero-order valence-corrected chi connectivity index (χ0v) is 35.6. The van der Waals surface area contributed by atoms with Crippen LogP contribution in [0.25, 0.3) is 22.3 Å². The summed E-state index contributed by atoms with van der Waals surface area (Å²) in [5, 5.41) is 20.0. The number of hydrogen-bond donors (Lipinski definition) is 7. The molecule has 1 heterocycles. The van der Waals surface area contributed by atoms with E-state index in [1.165, 1.54) is 24.8 Å². The van der Waals surface area contributed by atoms with Crippen LogP contribution in [0.4, 0.5) is 0 Å². The molecule has 0 aliphatic carbocycles. The molecule has 10 N–H and O–H groups in total. The van der Waals surface area contributed by atoms with Crippen molar-refractivity contribution in [3.05, 3.63) is 107 Å². The van der Waals surface area contributed by atoms with Crippen molar-refractivity contribution < 1.29 is 33.4 Å². The van der Waals surface area contributed by atoms with Gasteiger partial charge in [0.15, 0.2) is 0 Å². The van der Waals surface area contributed by atoms with Crippen LogP contribution in [0, 0.1) is 11.3 Å². The number of nitrogens with two attached hydrogens (primary N) is 3. The number of benzene rings is 4. The first kappa shape index (κ1) is 48.2. The molecule has 0 spiro atoms. The summed E-state index contributed by atoms with van der Waals surface area (Å²) in [6.45, 7) is 2.41. The molecule has 16 nitrogen and oxygen atoms in total. The normalized spacial score (nSPS) is 14.6. The fourth-order valence-corrected chi connectivity index (χ4v) is 6.60. The van der Waals surface area contributed by atoms with E-state index in [-0.39, 0.29) is 39.3 Å². The molecule has 5 rings (SSSR count). The van der Waals surface area contributed by atoms with E-state index in [4.69, 9.17) is 43.5 Å². The summed E-state index contributed by atoms with van der Waals surface area (Å²) in [5.41, 5.74) is 20.4. The predicted octanol–water partition coefficient (Wildman–Crippen LogP) is 2.82. The van der Waals surface area contributed by atoms with Gasteiger partial charge in [-0.3, -0.25) is 24.0 Å². The molecule has 0 fully saturated rings. The molecule has 5 amide bonds. The fourth-order valence-electron chi connectivity index (χ4n) is 6.47. The minimum Gasteiger partial charge on any atom is -0.492 e. The van der Waals surface area contributed by atoms with Crippen LogP contribution in [0.2, 0.25) is 5.02 Å². The van der Waals surface area contributed by atoms with Crippen molar-refractivity contribution >= 4 is 41.1 Å². The molecule has 4 bridgehead atoms. The lowest BCUT2D eigenvalue weighted by atomic mass is 9.93. The number of halogens is 1. The maximum absolute atomic E-state index is 14.1. The van der Waals surface area contributed by atoms with E-state index in [1.807, 2.05) is 6.07 Å². The predicted molar refractivity (Wildman–Crippen MR) is 237 cm³/mol. The Kier molecular flexibility index (Phi) is 19.2. The van der Waals surface area contributed by atoms with E-state index in [1.54, 1.807) is 84.9 Å². The summed E-state index contributed by atoms with van der Waals surface area (Å²) in [6, 6.07) is 23.5. The third kappa shape index (κ3) is 13.5. The number of carbonyl (C=O) groups is 5. The van der Waals surface area contributed by atoms with E-state index in [0.717, 1.165) is 12.1 Å². The van der Waals surface area contributed by atoms with Crippen molar-refractivity contribution in [2.45, 2.75) is 38.3 Å². The molecule has 2 atom stereocenters. The second-order valence-electron chi connectivity index (χ2n) is 14.1. The summed E-state index contributed by atoms with van der Waals surface area (Å²) in [5.74, 6) is -2.36. The molecule has 62 heavy (non-hydrogen) atoms. The number of rotatable bonds is 15. The average Bonchev–Trinajstić information content (AvgIpc) is 3.28. The monoisotopic (exact) mass is 867 g/mol. The van der Waals surface area contributed by atoms with Gasteiger partial charge in [0, 0.05) is 48.3 Å². The van der Waals surface area contributed by atoms with E-state index >= 15 is 0 Å². The van der Waals surface area contributed by atoms with Crippen LogP contribution in [-0.4, -0.2) is 100 Å². The van der Waals surface area contributed by atoms with Crippen LogP contribution in [0.5, 0.6) is 11.5 Å². The topological polar surface area (TPSA) is 257 Å². The quantitative estimate of drug-likeness (QED) is 0.0856. The van der Waals surface area contributed by atoms with Crippen LogP contribution in [0.3, 0.4) is 0 Å². The van der Waals surface area contributed by atoms with Gasteiger partial charge in [0.2, 0.25) is 23.6 Å². The Morgan fingerprint density at radius 2 is 1.53 bits per heavy atom. The Labute approximate surface area is 366 Å². The summed E-state index contributed by atoms with van der Waals surface area (Å²) < 4.78 is 12.1. The molecule has 4 aromatic carbocycles. The lowest BCUT2D eigenvalue weighted by Gasteiger charge is -2.29. The molecule has 1 aliphatic heterocycles. The summed E-state index contributed by atoms with van der Waals surface area (Å²) in [6.07, 6.45) is 2.41. The molecule has 0 aromatic heterocycles. The van der Waals surface area contributed by atoms with Gasteiger partial charge < -0.3 is 52.8 Å². The molecule has 0 radical (unpaired) electrons. The first-order valence-corrected chi connectivity index (χ1v) is 20.6. The Morgan fingerprint density at radius 1 is 0.871 bits per heavy atom. The van der Waals surface area contributed by atoms with Crippen LogP contribution >= 0.6 is 11.6 Å². The highest BCUT2D eigenvalue weighted by molar-refractivity contribution is 6.30. The minimum absolute atomic E-state index is 0.0234. The molecule has 1 aliphatic rings. The van der Waals surface area contributed by atoms with Gasteiger partial charge in [0.05, 0.1) is 19.2 Å². The van der Waals surface area contributed by atoms with Gasteiger partial charge in [-0.05, 0) is 77.7 Å². The Morgan fingerprint density at radius 3 is 2.16 bits per heavy atom. The molecule has 17 heteroatoms. The maximum atomic E-state index is 14.1. The Balaban J connectivity index is 0.00000160. The van der Waals surface area contributed by atoms with Gasteiger partial charge in [-0.15, -0.1) is 0 Å². The number of fused-ring (bicyclic) bond motifs is 5. The maximum Gasteiger partial charge on any atom is 0.252 e. The molecule has 0 saturated heterocycles. The number of nitrogens with zero attached hydrogens (tertiary/aromatic N) is 2. The number of carbonyl (C=O) groups excluding carboxylic acids is 5. The number of ether oxygens (including phenoxy) is 2. The first-order chi connectivity index (χ1) is 29.9. The van der Waals surface area contributed by atoms with Crippen molar-refractivity contribution in [3.8, 4) is 39.8 Å². The summed E-state index contributed by atoms with van der Waals surface area (Å²) in [7, 11) is 1.41. The highest BCUT2D eigenvalue weighted by atomic mass is 35.5. The lowest BCUT2D eigenvalue weighted by molar-refractivity contribution is -0.139. The smallest absolute Gasteiger partial charge is 0.252 e. The van der Waals surface area contributed by atoms with Crippen molar-refractivity contribution in [2.24, 2.45) is 17.2 Å². The molecular weight excluding hydrogens is 814 g/mol. The lowest BCUT2D eigenvalue weighted by Crippen LogP contribution is -2.52. The summed E-state index contributed by atoms with van der Waals surface area (Å²) in [4.78, 5) is 69.0. The molecule has 4 aromatic rings. The van der Waals surface area contributed by atoms with Crippen LogP contribution in [0.15, 0.2) is 84.9 Å². The fraction of sp³-hybridized carbons (Fsp3) is 0.333. The van der Waals surface area contributed by atoms with Crippen molar-refractivity contribution in [1.29, 1.82) is 5.26 Å². The second kappa shape index (κ2) is 24.7. The third-order valence-corrected chi connectivity index (χ3v) is 9.83. The number of unbranched alkanes of at least 4 members (excludes halogenated alkanes) is 1. The standard InChI is InChI=1S/C41H43ClN8O7.C4H11N/c1-50(37(52)24-48-39(53)30-5-3-2-4-29(30)26-7-10-28(42)11-8-26)38-27-9-13-35(57-19-16-45)32(22-27)31-20-25(6-12-34(31)56-18-15-44)21-33(40(54)46-17-14-43)49-36(51)23-47-41(38)55;1-2-3-4-5/h2-13,20,22,33,38H,15-19,21,23-24,44-45H2,1H3,(H,46,54)(H,47,55)(H,48,53)(H,49,51);2-5H2,1H3. The third-order valence-electron chi connectivity index (χ3n) is 9.57. The van der Waals surface area contributed by atoms with Gasteiger partial charge in [-0.2, -0.15) is 5.26 Å². The van der Waals surface area contributed by atoms with Gasteiger partial charge in [0.1, 0.15) is 43.3 Å². The molecule has 328 valence electrons. The zero-order chi connectivity index (χ0) is 45.0. The van der Waals surface area contributed by atoms with Gasteiger partial charge >= 0.3 is 0 Å². The number of likely N-dealkylation sites (N-methyl/N-ethyl adjacent to an activating group) is 1. The van der Waals surface area contributed by atoms with Gasteiger partial charge in [-0.1, -0.05) is 67.4 Å². The van der Waals surface area contributed by atoms with E-state index in [2.05, 4.69) is 28.2 Å². The molecule has 0 saturated carbocycles. The van der Waals surface area contributed by atoms with Crippen LogP contribution in [-0.2, 0) is 25.6 Å². The number of nitriles is 1. The number of amides is 5. The van der Waals surface area contributed by atoms with E-state index in [0.29, 0.717) is 49.9 Å². The Hall–Kier alpha value is -6.51. The Bertz CT molecular complexity index is 2210. The van der Waals surface area contributed by atoms with E-state index < -0.39 is 54.7 Å². The number of hydrogen-bond acceptors (Lipinski definition) is 11. The van der Waals surface area contributed by atoms with E-state index in [9.17, 15) is 24.0 Å². The largest absolute Gasteiger partial charge is 0.492 e. The van der Waals surface area contributed by atoms with Gasteiger partial charge in [-0.25, -0.2) is 0 Å². The van der Waals surface area contributed by atoms with Crippen molar-refractivity contribution in [3.63, 3.8) is 0 Å². The molecular formula is C45H54ClN9O7. The second-order valence-corrected chi connectivity index (χ2v) is 14.5. The van der Waals surface area contributed by atoms with Crippen molar-refractivity contribution in [2.75, 3.05) is 59.5 Å². The zero-order valence-electron chi connectivity index (χ0n) is 34.9. The van der Waals surface area contributed by atoms with Gasteiger partial charge in [0.25, 0.3) is 5.91 Å². The SMILES string of the molecule is CCCCN.CN(C(=O)CNC(=O)c1ccccc1-c1ccc(Cl)cc1)C1C(=O)NCC(=O)NC(C(=O)NCC#N)Cc2ccc(OCCN)c(c2)-c2cc1ccc2OCCN. The highest BCUT2D eigenvalue weighted by Gasteiger charge is 2.32. The number of nitrogens with one attached hydrogen (secondary N) is 4. The summed E-state index contributed by atoms with van der Waals surface area (Å²) >= 11 is 6.07. The highest BCUT2D eigenvalue weighted by Crippen LogP contribution is 2.40. The minimum atomic E-state index is -1.32. The average molecular weight is 868 g/mol. The van der Waals surface area contributed by atoms with Crippen LogP contribution in [0.1, 0.15) is 47.3 Å².